The average Bonchev–Trinajstić information content (AvgIpc) is 3.61. The van der Waals surface area contributed by atoms with Crippen LogP contribution in [0.15, 0.2) is 143 Å². The summed E-state index contributed by atoms with van der Waals surface area (Å²) in [6.07, 6.45) is 5.58. The fourth-order valence-electron chi connectivity index (χ4n) is 6.63. The second-order valence-electron chi connectivity index (χ2n) is 13.6. The van der Waals surface area contributed by atoms with Gasteiger partial charge in [0.1, 0.15) is 12.2 Å². The zero-order valence-corrected chi connectivity index (χ0v) is 32.1. The standard InChI is InChI=1S/C44H49NO5S2/c1-5-6-25-38-40(48-30-34-20-12-8-13-21-34)36(27-28-47-29-33-18-10-7-11-19-33)41(49-31-35-22-14-9-15-23-35)44(46-4,50-38)43(2,3)32-51-42-45-37-24-16-17-26-39(37)52-42/h5-24,26-27,38,40-41H,25,28-32H2,1-4H3/b6-5+,36-27+/t38-,40+,41+,44-/m1/s1. The highest BCUT2D eigenvalue weighted by Gasteiger charge is 2.61. The van der Waals surface area contributed by atoms with Crippen molar-refractivity contribution < 1.29 is 23.7 Å². The van der Waals surface area contributed by atoms with Crippen LogP contribution in [-0.2, 0) is 43.5 Å². The van der Waals surface area contributed by atoms with Gasteiger partial charge in [0.2, 0.25) is 5.79 Å². The third kappa shape index (κ3) is 9.30. The van der Waals surface area contributed by atoms with Gasteiger partial charge in [-0.2, -0.15) is 0 Å². The maximum atomic E-state index is 7.31. The van der Waals surface area contributed by atoms with Crippen LogP contribution in [0.2, 0.25) is 0 Å². The Morgan fingerprint density at radius 2 is 1.40 bits per heavy atom. The molecule has 1 fully saturated rings. The van der Waals surface area contributed by atoms with E-state index in [1.54, 1.807) is 30.2 Å². The van der Waals surface area contributed by atoms with Gasteiger partial charge in [-0.05, 0) is 47.7 Å². The zero-order chi connectivity index (χ0) is 36.2. The first-order chi connectivity index (χ1) is 25.4. The Kier molecular flexibility index (Phi) is 13.5. The van der Waals surface area contributed by atoms with Crippen LogP contribution in [0.1, 0.15) is 43.9 Å². The van der Waals surface area contributed by atoms with Crippen LogP contribution in [0.4, 0.5) is 0 Å². The fraction of sp³-hybridized carbons (Fsp3) is 0.341. The van der Waals surface area contributed by atoms with Gasteiger partial charge in [0.15, 0.2) is 4.34 Å². The summed E-state index contributed by atoms with van der Waals surface area (Å²) in [5.41, 5.74) is 4.68. The first-order valence-electron chi connectivity index (χ1n) is 17.9. The highest BCUT2D eigenvalue weighted by atomic mass is 32.2. The summed E-state index contributed by atoms with van der Waals surface area (Å²) in [6, 6.07) is 39.0. The number of hydrogen-bond donors (Lipinski definition) is 0. The predicted molar refractivity (Wildman–Crippen MR) is 212 cm³/mol. The van der Waals surface area contributed by atoms with Gasteiger partial charge in [-0.3, -0.25) is 0 Å². The van der Waals surface area contributed by atoms with Crippen LogP contribution in [-0.4, -0.2) is 48.6 Å². The average molecular weight is 736 g/mol. The lowest BCUT2D eigenvalue weighted by atomic mass is 9.74. The lowest BCUT2D eigenvalue weighted by Gasteiger charge is -2.56. The molecule has 0 unspecified atom stereocenters. The first kappa shape index (κ1) is 38.1. The van der Waals surface area contributed by atoms with E-state index in [-0.39, 0.29) is 6.10 Å². The minimum absolute atomic E-state index is 0.358. The van der Waals surface area contributed by atoms with Crippen LogP contribution >= 0.6 is 23.1 Å². The molecule has 1 aliphatic rings. The van der Waals surface area contributed by atoms with Crippen LogP contribution in [0.3, 0.4) is 0 Å². The zero-order valence-electron chi connectivity index (χ0n) is 30.5. The molecule has 52 heavy (non-hydrogen) atoms. The van der Waals surface area contributed by atoms with E-state index in [0.717, 1.165) is 32.1 Å². The van der Waals surface area contributed by atoms with Crippen LogP contribution in [0, 0.1) is 5.41 Å². The molecule has 6 rings (SSSR count). The molecule has 0 bridgehead atoms. The molecular weight excluding hydrogens is 687 g/mol. The minimum atomic E-state index is -1.18. The molecule has 1 saturated heterocycles. The van der Waals surface area contributed by atoms with Crippen molar-refractivity contribution in [3.63, 3.8) is 0 Å². The van der Waals surface area contributed by atoms with E-state index < -0.39 is 23.4 Å². The molecule has 0 N–H and O–H groups in total. The third-order valence-electron chi connectivity index (χ3n) is 9.40. The molecule has 6 nitrogen and oxygen atoms in total. The van der Waals surface area contributed by atoms with E-state index in [0.29, 0.717) is 38.6 Å². The second-order valence-corrected chi connectivity index (χ2v) is 15.8. The number of methoxy groups -OCH3 is 1. The Bertz CT molecular complexity index is 1850. The normalized spacial score (nSPS) is 21.7. The molecule has 272 valence electrons. The lowest BCUT2D eigenvalue weighted by Crippen LogP contribution is -2.67. The van der Waals surface area contributed by atoms with Gasteiger partial charge in [0, 0.05) is 18.3 Å². The van der Waals surface area contributed by atoms with Gasteiger partial charge in [-0.15, -0.1) is 11.3 Å². The van der Waals surface area contributed by atoms with Gasteiger partial charge >= 0.3 is 0 Å². The molecule has 0 amide bonds. The number of rotatable bonds is 17. The number of aromatic nitrogens is 1. The minimum Gasteiger partial charge on any atom is -0.373 e. The number of nitrogens with zero attached hydrogens (tertiary/aromatic N) is 1. The SMILES string of the molecule is C/C=C/C[C@H]1O[C@@](OC)(C(C)(C)CSc2nc3ccccc3s2)[C@@H](OCc2ccccc2)/C(=C/COCc2ccccc2)[C@@H]1OCc1ccccc1. The van der Waals surface area contributed by atoms with E-state index in [2.05, 4.69) is 86.7 Å². The van der Waals surface area contributed by atoms with Crippen molar-refractivity contribution in [2.75, 3.05) is 19.5 Å². The molecule has 0 aliphatic carbocycles. The van der Waals surface area contributed by atoms with E-state index in [9.17, 15) is 0 Å². The summed E-state index contributed by atoms with van der Waals surface area (Å²) in [5.74, 6) is -0.509. The number of benzene rings is 4. The van der Waals surface area contributed by atoms with Crippen molar-refractivity contribution >= 4 is 33.3 Å². The molecule has 5 aromatic rings. The van der Waals surface area contributed by atoms with E-state index in [4.69, 9.17) is 28.7 Å². The number of fused-ring (bicyclic) bond motifs is 1. The topological polar surface area (TPSA) is 59.0 Å². The van der Waals surface area contributed by atoms with Crippen molar-refractivity contribution in [2.24, 2.45) is 5.41 Å². The predicted octanol–water partition coefficient (Wildman–Crippen LogP) is 10.4. The van der Waals surface area contributed by atoms with Crippen LogP contribution < -0.4 is 0 Å². The molecule has 4 aromatic carbocycles. The van der Waals surface area contributed by atoms with E-state index in [1.807, 2.05) is 67.6 Å². The fourth-order valence-corrected chi connectivity index (χ4v) is 8.86. The molecule has 1 aliphatic heterocycles. The Labute approximate surface area is 316 Å². The Morgan fingerprint density at radius 1 is 0.808 bits per heavy atom. The summed E-state index contributed by atoms with van der Waals surface area (Å²) in [4.78, 5) is 4.93. The van der Waals surface area contributed by atoms with Gasteiger partial charge in [-0.1, -0.05) is 147 Å². The summed E-state index contributed by atoms with van der Waals surface area (Å²) < 4.78 is 36.4. The number of thioether (sulfide) groups is 1. The number of para-hydroxylation sites is 1. The van der Waals surface area contributed by atoms with Crippen molar-refractivity contribution in [3.05, 3.63) is 156 Å². The largest absolute Gasteiger partial charge is 0.373 e. The van der Waals surface area contributed by atoms with E-state index in [1.165, 1.54) is 4.70 Å². The van der Waals surface area contributed by atoms with Gasteiger partial charge in [0.05, 0.1) is 42.7 Å². The van der Waals surface area contributed by atoms with Crippen LogP contribution in [0.25, 0.3) is 10.2 Å². The third-order valence-corrected chi connectivity index (χ3v) is 12.0. The number of ether oxygens (including phenoxy) is 5. The lowest BCUT2D eigenvalue weighted by molar-refractivity contribution is -0.360. The molecule has 4 atom stereocenters. The quantitative estimate of drug-likeness (QED) is 0.0535. The molecule has 2 heterocycles. The Morgan fingerprint density at radius 3 is 2.02 bits per heavy atom. The van der Waals surface area contributed by atoms with Gasteiger partial charge in [-0.25, -0.2) is 4.98 Å². The molecule has 0 saturated carbocycles. The molecule has 0 spiro atoms. The second kappa shape index (κ2) is 18.4. The van der Waals surface area contributed by atoms with Crippen LogP contribution in [0.5, 0.6) is 0 Å². The van der Waals surface area contributed by atoms with Crippen molar-refractivity contribution in [2.45, 2.75) is 75.5 Å². The number of thiazole rings is 1. The molecule has 8 heteroatoms. The highest BCUT2D eigenvalue weighted by molar-refractivity contribution is 8.01. The number of allylic oxidation sites excluding steroid dienone is 1. The van der Waals surface area contributed by atoms with Crippen molar-refractivity contribution in [1.29, 1.82) is 0 Å². The Balaban J connectivity index is 1.38. The molecule has 1 aromatic heterocycles. The smallest absolute Gasteiger partial charge is 0.205 e. The number of hydrogen-bond acceptors (Lipinski definition) is 8. The molecule has 0 radical (unpaired) electrons. The Hall–Kier alpha value is -3.60. The van der Waals surface area contributed by atoms with Crippen molar-refractivity contribution in [1.82, 2.24) is 4.98 Å². The van der Waals surface area contributed by atoms with Gasteiger partial charge in [0.25, 0.3) is 0 Å². The van der Waals surface area contributed by atoms with E-state index >= 15 is 0 Å². The monoisotopic (exact) mass is 735 g/mol. The van der Waals surface area contributed by atoms with Gasteiger partial charge < -0.3 is 23.7 Å². The van der Waals surface area contributed by atoms with Crippen molar-refractivity contribution in [3.8, 4) is 0 Å². The summed E-state index contributed by atoms with van der Waals surface area (Å²) in [6.45, 7) is 8.10. The summed E-state index contributed by atoms with van der Waals surface area (Å²) >= 11 is 3.44. The summed E-state index contributed by atoms with van der Waals surface area (Å²) in [5, 5.41) is 0. The first-order valence-corrected chi connectivity index (χ1v) is 19.7. The molecular formula is C44H49NO5S2. The summed E-state index contributed by atoms with van der Waals surface area (Å²) in [7, 11) is 1.74. The maximum absolute atomic E-state index is 7.31. The highest BCUT2D eigenvalue weighted by Crippen LogP contribution is 2.51. The maximum Gasteiger partial charge on any atom is 0.205 e.